The lowest BCUT2D eigenvalue weighted by Crippen LogP contribution is -2.54. The summed E-state index contributed by atoms with van der Waals surface area (Å²) in [6, 6.07) is 0.231. The van der Waals surface area contributed by atoms with Crippen LogP contribution in [0.1, 0.15) is 40.5 Å². The van der Waals surface area contributed by atoms with E-state index in [4.69, 9.17) is 0 Å². The third-order valence-electron chi connectivity index (χ3n) is 5.59. The Balaban J connectivity index is 1.72. The number of carbonyl (C=O) groups is 2. The van der Waals surface area contributed by atoms with Crippen LogP contribution < -0.4 is 5.32 Å². The van der Waals surface area contributed by atoms with E-state index in [0.717, 1.165) is 13.0 Å². The second-order valence-electron chi connectivity index (χ2n) is 7.66. The number of fused-ring (bicyclic) bond motifs is 1. The Morgan fingerprint density at radius 2 is 1.74 bits per heavy atom. The standard InChI is InChI=1S/C15H24N2O2/c1-14(2)6-5-7-16-9(14)8-17-12(18)10-11(13(17)19)15(10,3)4/h9-11,16H,5-8H2,1-4H3. The van der Waals surface area contributed by atoms with Gasteiger partial charge in [0.05, 0.1) is 11.8 Å². The summed E-state index contributed by atoms with van der Waals surface area (Å²) in [7, 11) is 0. The lowest BCUT2D eigenvalue weighted by Gasteiger charge is -2.41. The summed E-state index contributed by atoms with van der Waals surface area (Å²) in [6.45, 7) is 10.0. The first kappa shape index (κ1) is 13.1. The maximum absolute atomic E-state index is 12.3. The molecule has 0 aromatic heterocycles. The number of nitrogens with one attached hydrogen (secondary N) is 1. The van der Waals surface area contributed by atoms with Gasteiger partial charge in [0.15, 0.2) is 0 Å². The van der Waals surface area contributed by atoms with Crippen LogP contribution in [0.3, 0.4) is 0 Å². The Bertz CT molecular complexity index is 417. The molecule has 3 aliphatic rings. The smallest absolute Gasteiger partial charge is 0.233 e. The molecular weight excluding hydrogens is 240 g/mol. The third kappa shape index (κ3) is 1.76. The van der Waals surface area contributed by atoms with Gasteiger partial charge in [-0.25, -0.2) is 0 Å². The van der Waals surface area contributed by atoms with Crippen molar-refractivity contribution in [2.24, 2.45) is 22.7 Å². The molecule has 4 heteroatoms. The first-order valence-electron chi connectivity index (χ1n) is 7.35. The lowest BCUT2D eigenvalue weighted by molar-refractivity contribution is -0.144. The predicted octanol–water partition coefficient (Wildman–Crippen LogP) is 1.41. The molecule has 2 heterocycles. The minimum atomic E-state index is -0.0970. The molecule has 3 unspecified atom stereocenters. The molecular formula is C15H24N2O2. The van der Waals surface area contributed by atoms with Crippen LogP contribution in [-0.2, 0) is 9.59 Å². The molecule has 3 rings (SSSR count). The van der Waals surface area contributed by atoms with Crippen molar-refractivity contribution in [1.29, 1.82) is 0 Å². The molecule has 1 aliphatic carbocycles. The van der Waals surface area contributed by atoms with Crippen LogP contribution in [0, 0.1) is 22.7 Å². The Morgan fingerprint density at radius 3 is 2.26 bits per heavy atom. The van der Waals surface area contributed by atoms with Crippen molar-refractivity contribution in [1.82, 2.24) is 10.2 Å². The number of hydrogen-bond acceptors (Lipinski definition) is 3. The van der Waals surface area contributed by atoms with Crippen LogP contribution in [0.15, 0.2) is 0 Å². The van der Waals surface area contributed by atoms with E-state index in [-0.39, 0.29) is 40.5 Å². The zero-order valence-corrected chi connectivity index (χ0v) is 12.3. The molecule has 1 N–H and O–H groups in total. The number of piperidine rings is 2. The highest BCUT2D eigenvalue weighted by atomic mass is 16.2. The highest BCUT2D eigenvalue weighted by Crippen LogP contribution is 2.63. The highest BCUT2D eigenvalue weighted by Gasteiger charge is 2.72. The van der Waals surface area contributed by atoms with Crippen molar-refractivity contribution in [2.75, 3.05) is 13.1 Å². The average molecular weight is 264 g/mol. The Labute approximate surface area is 114 Å². The fourth-order valence-corrected chi connectivity index (χ4v) is 3.95. The molecule has 3 atom stereocenters. The maximum atomic E-state index is 12.3. The van der Waals surface area contributed by atoms with Crippen molar-refractivity contribution in [2.45, 2.75) is 46.6 Å². The summed E-state index contributed by atoms with van der Waals surface area (Å²) in [4.78, 5) is 26.2. The van der Waals surface area contributed by atoms with Gasteiger partial charge in [0, 0.05) is 12.6 Å². The lowest BCUT2D eigenvalue weighted by atomic mass is 9.77. The van der Waals surface area contributed by atoms with E-state index >= 15 is 0 Å². The van der Waals surface area contributed by atoms with Gasteiger partial charge in [-0.15, -0.1) is 0 Å². The van der Waals surface area contributed by atoms with Crippen molar-refractivity contribution in [3.05, 3.63) is 0 Å². The average Bonchev–Trinajstić information content (AvgIpc) is 2.77. The second-order valence-corrected chi connectivity index (χ2v) is 7.66. The van der Waals surface area contributed by atoms with E-state index in [9.17, 15) is 9.59 Å². The van der Waals surface area contributed by atoms with Gasteiger partial charge in [-0.3, -0.25) is 14.5 Å². The van der Waals surface area contributed by atoms with Gasteiger partial charge in [-0.2, -0.15) is 0 Å². The van der Waals surface area contributed by atoms with Gasteiger partial charge >= 0.3 is 0 Å². The van der Waals surface area contributed by atoms with E-state index in [1.807, 2.05) is 13.8 Å². The minimum Gasteiger partial charge on any atom is -0.312 e. The number of likely N-dealkylation sites (tertiary alicyclic amines) is 1. The fraction of sp³-hybridized carbons (Fsp3) is 0.867. The monoisotopic (exact) mass is 264 g/mol. The maximum Gasteiger partial charge on any atom is 0.233 e. The molecule has 1 saturated carbocycles. The topological polar surface area (TPSA) is 49.4 Å². The van der Waals surface area contributed by atoms with Gasteiger partial charge in [0.2, 0.25) is 11.8 Å². The second kappa shape index (κ2) is 3.81. The van der Waals surface area contributed by atoms with Gasteiger partial charge < -0.3 is 5.32 Å². The number of carbonyl (C=O) groups excluding carboxylic acids is 2. The predicted molar refractivity (Wildman–Crippen MR) is 72.3 cm³/mol. The van der Waals surface area contributed by atoms with E-state index in [0.29, 0.717) is 6.54 Å². The first-order chi connectivity index (χ1) is 8.77. The van der Waals surface area contributed by atoms with Crippen LogP contribution in [-0.4, -0.2) is 35.8 Å². The molecule has 106 valence electrons. The summed E-state index contributed by atoms with van der Waals surface area (Å²) in [5.74, 6) is 0.0183. The number of hydrogen-bond donors (Lipinski definition) is 1. The van der Waals surface area contributed by atoms with Crippen molar-refractivity contribution in [3.63, 3.8) is 0 Å². The first-order valence-corrected chi connectivity index (χ1v) is 7.35. The SMILES string of the molecule is CC1(C)CCCNC1CN1C(=O)C2C(C1=O)C2(C)C. The zero-order valence-electron chi connectivity index (χ0n) is 12.3. The molecule has 3 fully saturated rings. The van der Waals surface area contributed by atoms with E-state index in [1.54, 1.807) is 0 Å². The van der Waals surface area contributed by atoms with Crippen LogP contribution in [0.5, 0.6) is 0 Å². The molecule has 2 saturated heterocycles. The number of imide groups is 1. The third-order valence-corrected chi connectivity index (χ3v) is 5.59. The Morgan fingerprint density at radius 1 is 1.16 bits per heavy atom. The Hall–Kier alpha value is -0.900. The van der Waals surface area contributed by atoms with E-state index in [1.165, 1.54) is 11.3 Å². The van der Waals surface area contributed by atoms with Crippen LogP contribution >= 0.6 is 0 Å². The highest BCUT2D eigenvalue weighted by molar-refractivity contribution is 6.10. The number of nitrogens with zero attached hydrogens (tertiary/aromatic N) is 1. The molecule has 0 aromatic carbocycles. The molecule has 0 bridgehead atoms. The van der Waals surface area contributed by atoms with E-state index in [2.05, 4.69) is 19.2 Å². The zero-order chi connectivity index (χ0) is 14.0. The quantitative estimate of drug-likeness (QED) is 0.767. The molecule has 19 heavy (non-hydrogen) atoms. The van der Waals surface area contributed by atoms with Crippen molar-refractivity contribution in [3.8, 4) is 0 Å². The van der Waals surface area contributed by atoms with E-state index < -0.39 is 0 Å². The minimum absolute atomic E-state index is 0.0493. The van der Waals surface area contributed by atoms with Crippen molar-refractivity contribution >= 4 is 11.8 Å². The number of rotatable bonds is 2. The van der Waals surface area contributed by atoms with Crippen LogP contribution in [0.2, 0.25) is 0 Å². The molecule has 0 aromatic rings. The molecule has 0 radical (unpaired) electrons. The summed E-state index contributed by atoms with van der Waals surface area (Å²) in [6.07, 6.45) is 2.32. The summed E-state index contributed by atoms with van der Waals surface area (Å²) < 4.78 is 0. The van der Waals surface area contributed by atoms with Gasteiger partial charge in [-0.05, 0) is 30.2 Å². The van der Waals surface area contributed by atoms with Gasteiger partial charge in [-0.1, -0.05) is 27.7 Å². The Kier molecular flexibility index (Phi) is 2.63. The van der Waals surface area contributed by atoms with Gasteiger partial charge in [0.1, 0.15) is 0 Å². The molecule has 4 nitrogen and oxygen atoms in total. The summed E-state index contributed by atoms with van der Waals surface area (Å²) >= 11 is 0. The normalized spacial score (nSPS) is 39.4. The van der Waals surface area contributed by atoms with Crippen molar-refractivity contribution < 1.29 is 9.59 Å². The summed E-state index contributed by atoms with van der Waals surface area (Å²) in [5.41, 5.74) is 0.0568. The molecule has 2 amide bonds. The molecule has 2 aliphatic heterocycles. The van der Waals surface area contributed by atoms with Crippen LogP contribution in [0.4, 0.5) is 0 Å². The molecule has 0 spiro atoms. The van der Waals surface area contributed by atoms with Crippen LogP contribution in [0.25, 0.3) is 0 Å². The summed E-state index contributed by atoms with van der Waals surface area (Å²) in [5, 5.41) is 3.48. The van der Waals surface area contributed by atoms with Gasteiger partial charge in [0.25, 0.3) is 0 Å². The largest absolute Gasteiger partial charge is 0.312 e. The fourth-order valence-electron chi connectivity index (χ4n) is 3.95. The number of amides is 2.